The molecule has 1 aromatic rings. The van der Waals surface area contributed by atoms with Crippen molar-refractivity contribution < 1.29 is 13.0 Å². The maximum Gasteiger partial charge on any atom is 0.295 e. The lowest BCUT2D eigenvalue weighted by Gasteiger charge is -2.17. The first-order chi connectivity index (χ1) is 6.98. The van der Waals surface area contributed by atoms with Gasteiger partial charge in [0.1, 0.15) is 4.90 Å². The SMILES string of the molecule is O=S(=O)(O)c1cc2c(cc1Br)CCCC2. The average molecular weight is 291 g/mol. The van der Waals surface area contributed by atoms with Gasteiger partial charge >= 0.3 is 0 Å². The fourth-order valence-corrected chi connectivity index (χ4v) is 3.53. The van der Waals surface area contributed by atoms with Crippen LogP contribution in [0.5, 0.6) is 0 Å². The highest BCUT2D eigenvalue weighted by Gasteiger charge is 2.18. The molecular weight excluding hydrogens is 280 g/mol. The number of benzene rings is 1. The molecule has 0 saturated carbocycles. The molecule has 0 fully saturated rings. The summed E-state index contributed by atoms with van der Waals surface area (Å²) in [5, 5.41) is 0. The second kappa shape index (κ2) is 3.88. The van der Waals surface area contributed by atoms with Crippen LogP contribution < -0.4 is 0 Å². The lowest BCUT2D eigenvalue weighted by molar-refractivity contribution is 0.482. The zero-order valence-electron chi connectivity index (χ0n) is 8.03. The molecular formula is C10H11BrO3S. The third kappa shape index (κ3) is 2.24. The third-order valence-corrected chi connectivity index (χ3v) is 4.49. The molecule has 0 radical (unpaired) electrons. The fourth-order valence-electron chi connectivity index (χ4n) is 1.93. The van der Waals surface area contributed by atoms with Crippen LogP contribution in [-0.2, 0) is 23.0 Å². The van der Waals surface area contributed by atoms with Crippen molar-refractivity contribution in [2.75, 3.05) is 0 Å². The molecule has 1 aromatic carbocycles. The van der Waals surface area contributed by atoms with Crippen molar-refractivity contribution in [2.45, 2.75) is 30.6 Å². The summed E-state index contributed by atoms with van der Waals surface area (Å²) in [4.78, 5) is -0.0249. The second-order valence-electron chi connectivity index (χ2n) is 3.73. The summed E-state index contributed by atoms with van der Waals surface area (Å²) in [6.07, 6.45) is 4.11. The molecule has 15 heavy (non-hydrogen) atoms. The van der Waals surface area contributed by atoms with Crippen molar-refractivity contribution >= 4 is 26.0 Å². The van der Waals surface area contributed by atoms with E-state index in [1.165, 1.54) is 5.56 Å². The highest BCUT2D eigenvalue weighted by atomic mass is 79.9. The van der Waals surface area contributed by atoms with Crippen molar-refractivity contribution in [1.82, 2.24) is 0 Å². The van der Waals surface area contributed by atoms with Crippen LogP contribution in [0.3, 0.4) is 0 Å². The van der Waals surface area contributed by atoms with E-state index in [4.69, 9.17) is 4.55 Å². The Kier molecular flexibility index (Phi) is 2.87. The molecule has 0 heterocycles. The Bertz CT molecular complexity index is 494. The van der Waals surface area contributed by atoms with Crippen LogP contribution in [0.25, 0.3) is 0 Å². The molecule has 0 aromatic heterocycles. The summed E-state index contributed by atoms with van der Waals surface area (Å²) in [6, 6.07) is 3.38. The van der Waals surface area contributed by atoms with E-state index < -0.39 is 10.1 Å². The van der Waals surface area contributed by atoms with Gasteiger partial charge < -0.3 is 0 Å². The van der Waals surface area contributed by atoms with E-state index in [-0.39, 0.29) is 4.90 Å². The van der Waals surface area contributed by atoms with Gasteiger partial charge in [-0.15, -0.1) is 0 Å². The highest BCUT2D eigenvalue weighted by Crippen LogP contribution is 2.30. The summed E-state index contributed by atoms with van der Waals surface area (Å²) < 4.78 is 31.6. The number of fused-ring (bicyclic) bond motifs is 1. The van der Waals surface area contributed by atoms with E-state index in [1.807, 2.05) is 0 Å². The van der Waals surface area contributed by atoms with Gasteiger partial charge in [-0.2, -0.15) is 8.42 Å². The predicted octanol–water partition coefficient (Wildman–Crippen LogP) is 2.57. The van der Waals surface area contributed by atoms with Crippen molar-refractivity contribution in [3.63, 3.8) is 0 Å². The van der Waals surface area contributed by atoms with Gasteiger partial charge in [0.05, 0.1) is 0 Å². The first-order valence-electron chi connectivity index (χ1n) is 4.77. The number of aryl methyl sites for hydroxylation is 2. The normalized spacial score (nSPS) is 16.1. The summed E-state index contributed by atoms with van der Waals surface area (Å²) in [6.45, 7) is 0. The number of halogens is 1. The van der Waals surface area contributed by atoms with Gasteiger partial charge in [-0.05, 0) is 64.9 Å². The molecule has 1 N–H and O–H groups in total. The second-order valence-corrected chi connectivity index (χ2v) is 5.98. The van der Waals surface area contributed by atoms with Crippen LogP contribution in [0.15, 0.2) is 21.5 Å². The summed E-state index contributed by atoms with van der Waals surface area (Å²) in [7, 11) is -4.11. The zero-order valence-corrected chi connectivity index (χ0v) is 10.4. The Morgan fingerprint density at radius 1 is 1.13 bits per heavy atom. The summed E-state index contributed by atoms with van der Waals surface area (Å²) >= 11 is 3.17. The summed E-state index contributed by atoms with van der Waals surface area (Å²) in [5.74, 6) is 0. The number of hydrogen-bond acceptors (Lipinski definition) is 2. The van der Waals surface area contributed by atoms with Crippen LogP contribution in [0.2, 0.25) is 0 Å². The van der Waals surface area contributed by atoms with E-state index >= 15 is 0 Å². The Hall–Kier alpha value is -0.390. The minimum Gasteiger partial charge on any atom is -0.282 e. The standard InChI is InChI=1S/C10H11BrO3S/c11-9-5-7-3-1-2-4-8(7)6-10(9)15(12,13)14/h5-6H,1-4H2,(H,12,13,14). The molecule has 0 saturated heterocycles. The van der Waals surface area contributed by atoms with Crippen LogP contribution in [0, 0.1) is 0 Å². The minimum absolute atomic E-state index is 0.0249. The van der Waals surface area contributed by atoms with Gasteiger partial charge in [0.25, 0.3) is 10.1 Å². The van der Waals surface area contributed by atoms with Crippen LogP contribution in [-0.4, -0.2) is 13.0 Å². The molecule has 0 spiro atoms. The van der Waals surface area contributed by atoms with Gasteiger partial charge in [-0.3, -0.25) is 4.55 Å². The molecule has 0 unspecified atom stereocenters. The Labute approximate surface area is 97.4 Å². The van der Waals surface area contributed by atoms with Crippen molar-refractivity contribution in [2.24, 2.45) is 0 Å². The number of hydrogen-bond donors (Lipinski definition) is 1. The summed E-state index contributed by atoms with van der Waals surface area (Å²) in [5.41, 5.74) is 2.22. The monoisotopic (exact) mass is 290 g/mol. The van der Waals surface area contributed by atoms with Crippen molar-refractivity contribution in [1.29, 1.82) is 0 Å². The molecule has 82 valence electrons. The largest absolute Gasteiger partial charge is 0.295 e. The van der Waals surface area contributed by atoms with Crippen LogP contribution >= 0.6 is 15.9 Å². The topological polar surface area (TPSA) is 54.4 Å². The van der Waals surface area contributed by atoms with E-state index in [2.05, 4.69) is 15.9 Å². The lowest BCUT2D eigenvalue weighted by Crippen LogP contribution is -2.07. The van der Waals surface area contributed by atoms with E-state index in [0.29, 0.717) is 4.47 Å². The smallest absolute Gasteiger partial charge is 0.282 e. The van der Waals surface area contributed by atoms with Crippen LogP contribution in [0.1, 0.15) is 24.0 Å². The molecule has 0 amide bonds. The minimum atomic E-state index is -4.11. The van der Waals surface area contributed by atoms with Crippen molar-refractivity contribution in [3.8, 4) is 0 Å². The van der Waals surface area contributed by atoms with Gasteiger partial charge in [0, 0.05) is 4.47 Å². The van der Waals surface area contributed by atoms with Crippen LogP contribution in [0.4, 0.5) is 0 Å². The highest BCUT2D eigenvalue weighted by molar-refractivity contribution is 9.10. The third-order valence-electron chi connectivity index (χ3n) is 2.67. The lowest BCUT2D eigenvalue weighted by atomic mass is 9.92. The maximum absolute atomic E-state index is 11.1. The zero-order chi connectivity index (χ0) is 11.1. The molecule has 5 heteroatoms. The first kappa shape index (κ1) is 11.1. The molecule has 1 aliphatic carbocycles. The average Bonchev–Trinajstić information content (AvgIpc) is 2.15. The Balaban J connectivity index is 2.60. The molecule has 0 atom stereocenters. The van der Waals surface area contributed by atoms with Gasteiger partial charge in [-0.25, -0.2) is 0 Å². The van der Waals surface area contributed by atoms with Crippen molar-refractivity contribution in [3.05, 3.63) is 27.7 Å². The maximum atomic E-state index is 11.1. The van der Waals surface area contributed by atoms with Gasteiger partial charge in [-0.1, -0.05) is 0 Å². The molecule has 0 aliphatic heterocycles. The molecule has 0 bridgehead atoms. The molecule has 3 nitrogen and oxygen atoms in total. The first-order valence-corrected chi connectivity index (χ1v) is 7.00. The van der Waals surface area contributed by atoms with Gasteiger partial charge in [0.2, 0.25) is 0 Å². The van der Waals surface area contributed by atoms with E-state index in [9.17, 15) is 8.42 Å². The fraction of sp³-hybridized carbons (Fsp3) is 0.400. The Morgan fingerprint density at radius 2 is 1.67 bits per heavy atom. The van der Waals surface area contributed by atoms with Gasteiger partial charge in [0.15, 0.2) is 0 Å². The van der Waals surface area contributed by atoms with E-state index in [0.717, 1.165) is 31.2 Å². The Morgan fingerprint density at radius 3 is 2.20 bits per heavy atom. The predicted molar refractivity (Wildman–Crippen MR) is 60.6 cm³/mol. The number of rotatable bonds is 1. The molecule has 1 aliphatic rings. The quantitative estimate of drug-likeness (QED) is 0.809. The van der Waals surface area contributed by atoms with E-state index in [1.54, 1.807) is 12.1 Å². The molecule has 2 rings (SSSR count).